The highest BCUT2D eigenvalue weighted by Crippen LogP contribution is 2.39. The SMILES string of the molecule is COc1ccccc1NC(=O)c1c(NC(C)=O)sc2c1CCC2. The molecule has 0 fully saturated rings. The van der Waals surface area contributed by atoms with E-state index in [0.29, 0.717) is 22.0 Å². The molecule has 1 aliphatic carbocycles. The third kappa shape index (κ3) is 3.07. The Hall–Kier alpha value is -2.34. The van der Waals surface area contributed by atoms with Crippen LogP contribution in [0.15, 0.2) is 24.3 Å². The summed E-state index contributed by atoms with van der Waals surface area (Å²) in [6, 6.07) is 7.27. The zero-order valence-electron chi connectivity index (χ0n) is 13.1. The van der Waals surface area contributed by atoms with Crippen LogP contribution in [0.5, 0.6) is 5.75 Å². The number of rotatable bonds is 4. The number of methoxy groups -OCH3 is 1. The highest BCUT2D eigenvalue weighted by Gasteiger charge is 2.27. The van der Waals surface area contributed by atoms with Crippen molar-refractivity contribution in [3.8, 4) is 5.75 Å². The molecule has 6 heteroatoms. The van der Waals surface area contributed by atoms with Gasteiger partial charge in [-0.05, 0) is 37.0 Å². The van der Waals surface area contributed by atoms with E-state index in [1.54, 1.807) is 19.2 Å². The van der Waals surface area contributed by atoms with Gasteiger partial charge in [0, 0.05) is 11.8 Å². The summed E-state index contributed by atoms with van der Waals surface area (Å²) < 4.78 is 5.27. The summed E-state index contributed by atoms with van der Waals surface area (Å²) >= 11 is 1.50. The molecule has 0 atom stereocenters. The van der Waals surface area contributed by atoms with E-state index >= 15 is 0 Å². The number of para-hydroxylation sites is 2. The lowest BCUT2D eigenvalue weighted by Crippen LogP contribution is -2.16. The quantitative estimate of drug-likeness (QED) is 0.902. The largest absolute Gasteiger partial charge is 0.495 e. The first-order valence-corrected chi connectivity index (χ1v) is 8.28. The van der Waals surface area contributed by atoms with E-state index in [1.165, 1.54) is 23.1 Å². The van der Waals surface area contributed by atoms with Gasteiger partial charge in [0.1, 0.15) is 10.8 Å². The third-order valence-electron chi connectivity index (χ3n) is 3.79. The van der Waals surface area contributed by atoms with Crippen LogP contribution in [0.3, 0.4) is 0 Å². The van der Waals surface area contributed by atoms with Crippen LogP contribution < -0.4 is 15.4 Å². The number of aryl methyl sites for hydroxylation is 1. The first kappa shape index (κ1) is 15.6. The minimum Gasteiger partial charge on any atom is -0.495 e. The Labute approximate surface area is 138 Å². The van der Waals surface area contributed by atoms with E-state index in [4.69, 9.17) is 4.74 Å². The van der Waals surface area contributed by atoms with E-state index in [1.807, 2.05) is 12.1 Å². The van der Waals surface area contributed by atoms with Gasteiger partial charge >= 0.3 is 0 Å². The molecule has 1 aliphatic rings. The first-order chi connectivity index (χ1) is 11.1. The molecule has 0 aliphatic heterocycles. The second-order valence-electron chi connectivity index (χ2n) is 5.40. The molecule has 2 N–H and O–H groups in total. The van der Waals surface area contributed by atoms with E-state index in [9.17, 15) is 9.59 Å². The maximum atomic E-state index is 12.8. The number of nitrogens with one attached hydrogen (secondary N) is 2. The van der Waals surface area contributed by atoms with Gasteiger partial charge in [-0.2, -0.15) is 0 Å². The molecule has 0 unspecified atom stereocenters. The van der Waals surface area contributed by atoms with Gasteiger partial charge in [-0.3, -0.25) is 9.59 Å². The maximum Gasteiger partial charge on any atom is 0.259 e. The number of carbonyl (C=O) groups excluding carboxylic acids is 2. The number of benzene rings is 1. The molecule has 3 rings (SSSR count). The Morgan fingerprint density at radius 2 is 1.96 bits per heavy atom. The first-order valence-electron chi connectivity index (χ1n) is 7.46. The number of thiophene rings is 1. The van der Waals surface area contributed by atoms with Crippen LogP contribution >= 0.6 is 11.3 Å². The van der Waals surface area contributed by atoms with Gasteiger partial charge in [0.15, 0.2) is 0 Å². The molecule has 5 nitrogen and oxygen atoms in total. The van der Waals surface area contributed by atoms with Gasteiger partial charge in [-0.15, -0.1) is 11.3 Å². The van der Waals surface area contributed by atoms with Gasteiger partial charge in [-0.1, -0.05) is 12.1 Å². The predicted molar refractivity (Wildman–Crippen MR) is 91.6 cm³/mol. The van der Waals surface area contributed by atoms with E-state index in [-0.39, 0.29) is 11.8 Å². The predicted octanol–water partition coefficient (Wildman–Crippen LogP) is 3.46. The number of amides is 2. The highest BCUT2D eigenvalue weighted by atomic mass is 32.1. The number of hydrogen-bond donors (Lipinski definition) is 2. The van der Waals surface area contributed by atoms with Gasteiger partial charge in [0.25, 0.3) is 5.91 Å². The van der Waals surface area contributed by atoms with Crippen molar-refractivity contribution in [3.05, 3.63) is 40.3 Å². The lowest BCUT2D eigenvalue weighted by Gasteiger charge is -2.11. The monoisotopic (exact) mass is 330 g/mol. The fourth-order valence-electron chi connectivity index (χ4n) is 2.83. The lowest BCUT2D eigenvalue weighted by molar-refractivity contribution is -0.114. The molecule has 1 heterocycles. The number of hydrogen-bond acceptors (Lipinski definition) is 4. The van der Waals surface area contributed by atoms with E-state index < -0.39 is 0 Å². The smallest absolute Gasteiger partial charge is 0.259 e. The van der Waals surface area contributed by atoms with Crippen LogP contribution in [-0.2, 0) is 17.6 Å². The normalized spacial score (nSPS) is 12.6. The van der Waals surface area contributed by atoms with Crippen molar-refractivity contribution >= 4 is 33.8 Å². The van der Waals surface area contributed by atoms with E-state index in [2.05, 4.69) is 10.6 Å². The summed E-state index contributed by atoms with van der Waals surface area (Å²) in [6.45, 7) is 1.45. The Morgan fingerprint density at radius 1 is 1.17 bits per heavy atom. The van der Waals surface area contributed by atoms with Crippen LogP contribution in [0.25, 0.3) is 0 Å². The Bertz CT molecular complexity index is 767. The Balaban J connectivity index is 1.94. The summed E-state index contributed by atoms with van der Waals surface area (Å²) in [5.74, 6) is 0.225. The molecule has 2 aromatic rings. The molecule has 1 aromatic heterocycles. The minimum absolute atomic E-state index is 0.170. The zero-order chi connectivity index (χ0) is 16.4. The fraction of sp³-hybridized carbons (Fsp3) is 0.294. The summed E-state index contributed by atoms with van der Waals surface area (Å²) in [6.07, 6.45) is 2.89. The van der Waals surface area contributed by atoms with Crippen molar-refractivity contribution in [3.63, 3.8) is 0 Å². The van der Waals surface area contributed by atoms with Crippen LogP contribution in [0, 0.1) is 0 Å². The minimum atomic E-state index is -0.211. The molecule has 0 radical (unpaired) electrons. The second-order valence-corrected chi connectivity index (χ2v) is 6.50. The standard InChI is InChI=1S/C17H18N2O3S/c1-10(20)18-17-15(11-6-5-9-14(11)23-17)16(21)19-12-7-3-4-8-13(12)22-2/h3-4,7-8H,5-6,9H2,1-2H3,(H,18,20)(H,19,21). The van der Waals surface area contributed by atoms with Crippen LogP contribution in [0.1, 0.15) is 34.1 Å². The van der Waals surface area contributed by atoms with Crippen molar-refractivity contribution in [2.24, 2.45) is 0 Å². The van der Waals surface area contributed by atoms with Crippen molar-refractivity contribution in [1.82, 2.24) is 0 Å². The molecule has 0 spiro atoms. The Morgan fingerprint density at radius 3 is 2.70 bits per heavy atom. The zero-order valence-corrected chi connectivity index (χ0v) is 13.9. The molecular weight excluding hydrogens is 312 g/mol. The summed E-state index contributed by atoms with van der Waals surface area (Å²) in [5.41, 5.74) is 2.27. The second kappa shape index (κ2) is 6.42. The average molecular weight is 330 g/mol. The molecule has 120 valence electrons. The molecule has 0 saturated carbocycles. The van der Waals surface area contributed by atoms with E-state index in [0.717, 1.165) is 24.8 Å². The third-order valence-corrected chi connectivity index (χ3v) is 5.00. The molecular formula is C17H18N2O3S. The number of carbonyl (C=O) groups is 2. The topological polar surface area (TPSA) is 67.4 Å². The lowest BCUT2D eigenvalue weighted by atomic mass is 10.1. The van der Waals surface area contributed by atoms with Crippen molar-refractivity contribution in [2.75, 3.05) is 17.7 Å². The molecule has 0 saturated heterocycles. The average Bonchev–Trinajstić information content (AvgIpc) is 3.07. The van der Waals surface area contributed by atoms with Crippen LogP contribution in [0.2, 0.25) is 0 Å². The molecule has 0 bridgehead atoms. The summed E-state index contributed by atoms with van der Waals surface area (Å²) in [5, 5.41) is 6.32. The molecule has 23 heavy (non-hydrogen) atoms. The fourth-order valence-corrected chi connectivity index (χ4v) is 4.16. The Kier molecular flexibility index (Phi) is 4.34. The number of ether oxygens (including phenoxy) is 1. The van der Waals surface area contributed by atoms with Gasteiger partial charge in [0.05, 0.1) is 18.4 Å². The number of anilines is 2. The molecule has 2 amide bonds. The summed E-state index contributed by atoms with van der Waals surface area (Å²) in [7, 11) is 1.57. The van der Waals surface area contributed by atoms with Crippen molar-refractivity contribution in [2.45, 2.75) is 26.2 Å². The van der Waals surface area contributed by atoms with Crippen molar-refractivity contribution in [1.29, 1.82) is 0 Å². The highest BCUT2D eigenvalue weighted by molar-refractivity contribution is 7.17. The van der Waals surface area contributed by atoms with Gasteiger partial charge in [-0.25, -0.2) is 0 Å². The number of fused-ring (bicyclic) bond motifs is 1. The van der Waals surface area contributed by atoms with Crippen LogP contribution in [0.4, 0.5) is 10.7 Å². The van der Waals surface area contributed by atoms with Gasteiger partial charge < -0.3 is 15.4 Å². The van der Waals surface area contributed by atoms with Crippen LogP contribution in [-0.4, -0.2) is 18.9 Å². The maximum absolute atomic E-state index is 12.8. The van der Waals surface area contributed by atoms with Gasteiger partial charge in [0.2, 0.25) is 5.91 Å². The molecule has 1 aromatic carbocycles. The summed E-state index contributed by atoms with van der Waals surface area (Å²) in [4.78, 5) is 25.4. The van der Waals surface area contributed by atoms with Crippen molar-refractivity contribution < 1.29 is 14.3 Å².